The molecule has 0 atom stereocenters. The highest BCUT2D eigenvalue weighted by Gasteiger charge is 2.18. The average molecular weight is 425 g/mol. The SMILES string of the molecule is Cc1sc2nc(SCC(=O)NCC(=O)NC(C)C)n(CC(C)C)c(=O)c2c1C. The molecule has 2 heterocycles. The summed E-state index contributed by atoms with van der Waals surface area (Å²) in [6.07, 6.45) is 0. The molecule has 7 nitrogen and oxygen atoms in total. The number of carbonyl (C=O) groups is 2. The Morgan fingerprint density at radius 1 is 1.18 bits per heavy atom. The summed E-state index contributed by atoms with van der Waals surface area (Å²) >= 11 is 2.72. The Hall–Kier alpha value is -1.87. The zero-order valence-corrected chi connectivity index (χ0v) is 18.8. The Kier molecular flexibility index (Phi) is 7.65. The second-order valence-corrected chi connectivity index (χ2v) is 9.60. The van der Waals surface area contributed by atoms with Crippen LogP contribution in [0.5, 0.6) is 0 Å². The molecule has 0 bridgehead atoms. The second-order valence-electron chi connectivity index (χ2n) is 7.46. The second kappa shape index (κ2) is 9.56. The smallest absolute Gasteiger partial charge is 0.263 e. The zero-order valence-electron chi connectivity index (χ0n) is 17.2. The van der Waals surface area contributed by atoms with Crippen LogP contribution in [0.4, 0.5) is 0 Å². The van der Waals surface area contributed by atoms with Gasteiger partial charge >= 0.3 is 0 Å². The number of thiophene rings is 1. The van der Waals surface area contributed by atoms with Crippen LogP contribution >= 0.6 is 23.1 Å². The van der Waals surface area contributed by atoms with Crippen LogP contribution in [0.25, 0.3) is 10.2 Å². The summed E-state index contributed by atoms with van der Waals surface area (Å²) in [7, 11) is 0. The third-order valence-corrected chi connectivity index (χ3v) is 6.11. The Morgan fingerprint density at radius 2 is 1.86 bits per heavy atom. The Bertz CT molecular complexity index is 931. The minimum absolute atomic E-state index is 0.0258. The summed E-state index contributed by atoms with van der Waals surface area (Å²) in [5.74, 6) is -0.138. The highest BCUT2D eigenvalue weighted by atomic mass is 32.2. The van der Waals surface area contributed by atoms with Crippen molar-refractivity contribution in [2.24, 2.45) is 5.92 Å². The van der Waals surface area contributed by atoms with Crippen LogP contribution in [-0.2, 0) is 16.1 Å². The molecule has 28 heavy (non-hydrogen) atoms. The number of carbonyl (C=O) groups excluding carboxylic acids is 2. The molecule has 0 radical (unpaired) electrons. The molecule has 0 aliphatic carbocycles. The number of aromatic nitrogens is 2. The first-order valence-electron chi connectivity index (χ1n) is 9.29. The highest BCUT2D eigenvalue weighted by Crippen LogP contribution is 2.28. The molecule has 2 N–H and O–H groups in total. The van der Waals surface area contributed by atoms with Crippen molar-refractivity contribution < 1.29 is 9.59 Å². The summed E-state index contributed by atoms with van der Waals surface area (Å²) in [4.78, 5) is 43.3. The lowest BCUT2D eigenvalue weighted by atomic mass is 10.2. The third kappa shape index (κ3) is 5.57. The van der Waals surface area contributed by atoms with E-state index in [2.05, 4.69) is 15.6 Å². The topological polar surface area (TPSA) is 93.1 Å². The molecule has 0 aliphatic heterocycles. The maximum absolute atomic E-state index is 13.0. The van der Waals surface area contributed by atoms with Gasteiger partial charge in [0.2, 0.25) is 11.8 Å². The molecule has 2 aromatic rings. The molecule has 154 valence electrons. The number of aryl methyl sites for hydroxylation is 2. The standard InChI is InChI=1S/C19H28N4O3S2/c1-10(2)8-23-18(26)16-12(5)13(6)28-17(16)22-19(23)27-9-15(25)20-7-14(24)21-11(3)4/h10-11H,7-9H2,1-6H3,(H,20,25)(H,21,24). The van der Waals surface area contributed by atoms with Gasteiger partial charge in [-0.05, 0) is 39.2 Å². The minimum Gasteiger partial charge on any atom is -0.352 e. The van der Waals surface area contributed by atoms with Gasteiger partial charge in [0, 0.05) is 17.5 Å². The molecule has 0 saturated heterocycles. The molecule has 2 aromatic heterocycles. The maximum atomic E-state index is 13.0. The van der Waals surface area contributed by atoms with E-state index in [-0.39, 0.29) is 41.6 Å². The van der Waals surface area contributed by atoms with Crippen LogP contribution in [0.3, 0.4) is 0 Å². The van der Waals surface area contributed by atoms with Gasteiger partial charge in [0.1, 0.15) is 4.83 Å². The molecule has 0 unspecified atom stereocenters. The van der Waals surface area contributed by atoms with E-state index in [1.165, 1.54) is 23.1 Å². The van der Waals surface area contributed by atoms with Crippen molar-refractivity contribution in [3.8, 4) is 0 Å². The minimum atomic E-state index is -0.270. The van der Waals surface area contributed by atoms with Crippen LogP contribution < -0.4 is 16.2 Å². The molecule has 0 aromatic carbocycles. The average Bonchev–Trinajstić information content (AvgIpc) is 2.87. The van der Waals surface area contributed by atoms with E-state index in [1.807, 2.05) is 41.5 Å². The fourth-order valence-corrected chi connectivity index (χ4v) is 4.59. The highest BCUT2D eigenvalue weighted by molar-refractivity contribution is 7.99. The number of nitrogens with zero attached hydrogens (tertiary/aromatic N) is 2. The van der Waals surface area contributed by atoms with Gasteiger partial charge in [-0.25, -0.2) is 4.98 Å². The summed E-state index contributed by atoms with van der Waals surface area (Å²) in [6.45, 7) is 12.2. The first-order valence-corrected chi connectivity index (χ1v) is 11.1. The predicted octanol–water partition coefficient (Wildman–Crippen LogP) is 2.46. The predicted molar refractivity (Wildman–Crippen MR) is 115 cm³/mol. The van der Waals surface area contributed by atoms with Gasteiger partial charge in [-0.1, -0.05) is 25.6 Å². The number of nitrogens with one attached hydrogen (secondary N) is 2. The Morgan fingerprint density at radius 3 is 2.46 bits per heavy atom. The van der Waals surface area contributed by atoms with Crippen LogP contribution in [0.1, 0.15) is 38.1 Å². The van der Waals surface area contributed by atoms with Crippen molar-refractivity contribution in [1.82, 2.24) is 20.2 Å². The molecule has 2 rings (SSSR count). The van der Waals surface area contributed by atoms with E-state index in [4.69, 9.17) is 0 Å². The van der Waals surface area contributed by atoms with Crippen molar-refractivity contribution in [2.45, 2.75) is 59.3 Å². The molecule has 0 fully saturated rings. The van der Waals surface area contributed by atoms with Gasteiger partial charge in [0.05, 0.1) is 17.7 Å². The van der Waals surface area contributed by atoms with Crippen molar-refractivity contribution in [3.05, 3.63) is 20.8 Å². The quantitative estimate of drug-likeness (QED) is 0.502. The van der Waals surface area contributed by atoms with Crippen LogP contribution in [-0.4, -0.2) is 39.7 Å². The number of rotatable bonds is 8. The van der Waals surface area contributed by atoms with Gasteiger partial charge < -0.3 is 10.6 Å². The largest absolute Gasteiger partial charge is 0.352 e. The number of fused-ring (bicyclic) bond motifs is 1. The van der Waals surface area contributed by atoms with E-state index < -0.39 is 0 Å². The van der Waals surface area contributed by atoms with Gasteiger partial charge in [0.25, 0.3) is 5.56 Å². The summed E-state index contributed by atoms with van der Waals surface area (Å²) < 4.78 is 1.66. The molecular formula is C19H28N4O3S2. The first kappa shape index (κ1) is 22.4. The zero-order chi connectivity index (χ0) is 21.0. The summed E-state index contributed by atoms with van der Waals surface area (Å²) in [6, 6.07) is 0.0258. The van der Waals surface area contributed by atoms with E-state index in [0.29, 0.717) is 21.9 Å². The molecule has 2 amide bonds. The van der Waals surface area contributed by atoms with E-state index >= 15 is 0 Å². The lowest BCUT2D eigenvalue weighted by molar-refractivity contribution is -0.125. The Labute approximate surface area is 173 Å². The van der Waals surface area contributed by atoms with Crippen LogP contribution in [0.2, 0.25) is 0 Å². The number of hydrogen-bond donors (Lipinski definition) is 2. The van der Waals surface area contributed by atoms with Crippen LogP contribution in [0, 0.1) is 19.8 Å². The van der Waals surface area contributed by atoms with Crippen LogP contribution in [0.15, 0.2) is 9.95 Å². The lowest BCUT2D eigenvalue weighted by Gasteiger charge is -2.14. The van der Waals surface area contributed by atoms with Gasteiger partial charge in [-0.2, -0.15) is 0 Å². The normalized spacial score (nSPS) is 11.4. The third-order valence-electron chi connectivity index (χ3n) is 4.03. The van der Waals surface area contributed by atoms with Crippen molar-refractivity contribution >= 4 is 45.1 Å². The number of thioether (sulfide) groups is 1. The fourth-order valence-electron chi connectivity index (χ4n) is 2.68. The Balaban J connectivity index is 2.18. The fraction of sp³-hybridized carbons (Fsp3) is 0.579. The molecular weight excluding hydrogens is 396 g/mol. The van der Waals surface area contributed by atoms with Crippen molar-refractivity contribution in [2.75, 3.05) is 12.3 Å². The molecule has 9 heteroatoms. The van der Waals surface area contributed by atoms with E-state index in [1.54, 1.807) is 4.57 Å². The van der Waals surface area contributed by atoms with Crippen molar-refractivity contribution in [3.63, 3.8) is 0 Å². The van der Waals surface area contributed by atoms with Gasteiger partial charge in [-0.3, -0.25) is 19.0 Å². The summed E-state index contributed by atoms with van der Waals surface area (Å²) in [5, 5.41) is 6.52. The van der Waals surface area contributed by atoms with E-state index in [0.717, 1.165) is 10.4 Å². The molecule has 0 saturated carbocycles. The first-order chi connectivity index (χ1) is 13.1. The van der Waals surface area contributed by atoms with Gasteiger partial charge in [0.15, 0.2) is 5.16 Å². The maximum Gasteiger partial charge on any atom is 0.263 e. The number of hydrogen-bond acceptors (Lipinski definition) is 6. The lowest BCUT2D eigenvalue weighted by Crippen LogP contribution is -2.40. The van der Waals surface area contributed by atoms with Crippen molar-refractivity contribution in [1.29, 1.82) is 0 Å². The monoisotopic (exact) mass is 424 g/mol. The van der Waals surface area contributed by atoms with Gasteiger partial charge in [-0.15, -0.1) is 11.3 Å². The number of amides is 2. The van der Waals surface area contributed by atoms with E-state index in [9.17, 15) is 14.4 Å². The molecule has 0 aliphatic rings. The summed E-state index contributed by atoms with van der Waals surface area (Å²) in [5.41, 5.74) is 0.917. The molecule has 0 spiro atoms.